The molecule has 1 heterocycles. The van der Waals surface area contributed by atoms with Crippen LogP contribution in [-0.2, 0) is 14.8 Å². The first-order chi connectivity index (χ1) is 12.5. The first-order valence-electron chi connectivity index (χ1n) is 7.40. The Hall–Kier alpha value is -2.98. The Labute approximate surface area is 151 Å². The van der Waals surface area contributed by atoms with E-state index in [0.29, 0.717) is 5.75 Å². The lowest BCUT2D eigenvalue weighted by atomic mass is 10.3. The Morgan fingerprint density at radius 1 is 1.15 bits per heavy atom. The number of ether oxygens (including phenoxy) is 2. The van der Waals surface area contributed by atoms with Crippen molar-refractivity contribution in [2.45, 2.75) is 4.90 Å². The Morgan fingerprint density at radius 2 is 1.85 bits per heavy atom. The standard InChI is InChI=1S/C16H18N4O5S/c1-24-14-4-3-13(9-15(14)25-2)26(22,23)19-11-16(21)20-18-10-12-5-7-17-8-6-12/h3-10,19H,11H2,1-2H3,(H,20,21)/b18-10-. The molecule has 10 heteroatoms. The number of nitrogens with one attached hydrogen (secondary N) is 2. The van der Waals surface area contributed by atoms with Crippen LogP contribution in [0.4, 0.5) is 0 Å². The number of benzene rings is 1. The number of hydrogen-bond donors (Lipinski definition) is 2. The van der Waals surface area contributed by atoms with Gasteiger partial charge in [0.05, 0.1) is 31.9 Å². The number of amides is 1. The molecule has 1 amide bonds. The summed E-state index contributed by atoms with van der Waals surface area (Å²) in [6, 6.07) is 7.53. The van der Waals surface area contributed by atoms with Crippen molar-refractivity contribution in [1.82, 2.24) is 15.1 Å². The van der Waals surface area contributed by atoms with Crippen molar-refractivity contribution in [2.24, 2.45) is 5.10 Å². The van der Waals surface area contributed by atoms with Crippen LogP contribution >= 0.6 is 0 Å². The van der Waals surface area contributed by atoms with E-state index in [9.17, 15) is 13.2 Å². The van der Waals surface area contributed by atoms with Crippen LogP contribution in [-0.4, -0.2) is 46.3 Å². The summed E-state index contributed by atoms with van der Waals surface area (Å²) in [7, 11) is -1.05. The van der Waals surface area contributed by atoms with Gasteiger partial charge < -0.3 is 9.47 Å². The first kappa shape index (κ1) is 19.3. The third-order valence-electron chi connectivity index (χ3n) is 3.20. The Kier molecular flexibility index (Phi) is 6.64. The zero-order valence-corrected chi connectivity index (χ0v) is 15.0. The molecule has 2 N–H and O–H groups in total. The number of pyridine rings is 1. The molecule has 0 bridgehead atoms. The van der Waals surface area contributed by atoms with E-state index in [1.807, 2.05) is 0 Å². The molecule has 2 rings (SSSR count). The Balaban J connectivity index is 1.95. The lowest BCUT2D eigenvalue weighted by Gasteiger charge is -2.10. The largest absolute Gasteiger partial charge is 0.493 e. The quantitative estimate of drug-likeness (QED) is 0.511. The van der Waals surface area contributed by atoms with Gasteiger partial charge in [-0.05, 0) is 29.8 Å². The fourth-order valence-corrected chi connectivity index (χ4v) is 2.89. The predicted octanol–water partition coefficient (Wildman–Crippen LogP) is 0.527. The number of hydrogen-bond acceptors (Lipinski definition) is 7. The van der Waals surface area contributed by atoms with Gasteiger partial charge in [-0.3, -0.25) is 9.78 Å². The van der Waals surface area contributed by atoms with E-state index < -0.39 is 22.5 Å². The van der Waals surface area contributed by atoms with Crippen LogP contribution in [0, 0.1) is 0 Å². The fraction of sp³-hybridized carbons (Fsp3) is 0.188. The molecule has 0 aliphatic rings. The summed E-state index contributed by atoms with van der Waals surface area (Å²) in [6.45, 7) is -0.468. The summed E-state index contributed by atoms with van der Waals surface area (Å²) in [6.07, 6.45) is 4.59. The number of nitrogens with zero attached hydrogens (tertiary/aromatic N) is 2. The molecule has 0 spiro atoms. The van der Waals surface area contributed by atoms with Crippen LogP contribution in [0.2, 0.25) is 0 Å². The van der Waals surface area contributed by atoms with Crippen molar-refractivity contribution in [3.05, 3.63) is 48.3 Å². The molecule has 2 aromatic rings. The number of sulfonamides is 1. The van der Waals surface area contributed by atoms with E-state index in [1.165, 1.54) is 38.6 Å². The molecule has 26 heavy (non-hydrogen) atoms. The molecule has 0 unspecified atom stereocenters. The molecule has 0 atom stereocenters. The van der Waals surface area contributed by atoms with Crippen molar-refractivity contribution >= 4 is 22.1 Å². The molecule has 138 valence electrons. The summed E-state index contributed by atoms with van der Waals surface area (Å²) in [5, 5.41) is 3.74. The highest BCUT2D eigenvalue weighted by molar-refractivity contribution is 7.89. The van der Waals surface area contributed by atoms with Gasteiger partial charge in [0.15, 0.2) is 11.5 Å². The van der Waals surface area contributed by atoms with Crippen molar-refractivity contribution in [2.75, 3.05) is 20.8 Å². The molecular weight excluding hydrogens is 360 g/mol. The highest BCUT2D eigenvalue weighted by atomic mass is 32.2. The maximum Gasteiger partial charge on any atom is 0.255 e. The minimum absolute atomic E-state index is 0.0526. The highest BCUT2D eigenvalue weighted by Crippen LogP contribution is 2.29. The Morgan fingerprint density at radius 3 is 2.50 bits per heavy atom. The number of aromatic nitrogens is 1. The van der Waals surface area contributed by atoms with Crippen molar-refractivity contribution in [1.29, 1.82) is 0 Å². The SMILES string of the molecule is COc1ccc(S(=O)(=O)NCC(=O)N/N=C\c2ccncc2)cc1OC. The average Bonchev–Trinajstić information content (AvgIpc) is 2.66. The second-order valence-corrected chi connectivity index (χ2v) is 6.68. The highest BCUT2D eigenvalue weighted by Gasteiger charge is 2.18. The number of carbonyl (C=O) groups excluding carboxylic acids is 1. The van der Waals surface area contributed by atoms with Crippen LogP contribution in [0.3, 0.4) is 0 Å². The number of rotatable bonds is 8. The smallest absolute Gasteiger partial charge is 0.255 e. The molecule has 9 nitrogen and oxygen atoms in total. The van der Waals surface area contributed by atoms with E-state index in [-0.39, 0.29) is 10.6 Å². The number of hydrazone groups is 1. The van der Waals surface area contributed by atoms with Crippen molar-refractivity contribution in [3.8, 4) is 11.5 Å². The van der Waals surface area contributed by atoms with Gasteiger partial charge in [0.1, 0.15) is 0 Å². The Bertz CT molecular complexity index is 885. The number of methoxy groups -OCH3 is 2. The molecule has 1 aromatic heterocycles. The maximum absolute atomic E-state index is 12.3. The van der Waals surface area contributed by atoms with Crippen molar-refractivity contribution in [3.63, 3.8) is 0 Å². The van der Waals surface area contributed by atoms with E-state index in [2.05, 4.69) is 20.2 Å². The van der Waals surface area contributed by atoms with Gasteiger partial charge in [0, 0.05) is 18.5 Å². The summed E-state index contributed by atoms with van der Waals surface area (Å²) >= 11 is 0. The van der Waals surface area contributed by atoms with Gasteiger partial charge in [-0.2, -0.15) is 5.10 Å². The lowest BCUT2D eigenvalue weighted by molar-refractivity contribution is -0.119. The van der Waals surface area contributed by atoms with E-state index in [0.717, 1.165) is 5.56 Å². The summed E-state index contributed by atoms with van der Waals surface area (Å²) < 4.78 is 36.9. The van der Waals surface area contributed by atoms with Crippen LogP contribution < -0.4 is 19.6 Å². The van der Waals surface area contributed by atoms with Gasteiger partial charge in [0.2, 0.25) is 10.0 Å². The van der Waals surface area contributed by atoms with Crippen LogP contribution in [0.5, 0.6) is 11.5 Å². The number of carbonyl (C=O) groups is 1. The van der Waals surface area contributed by atoms with Crippen LogP contribution in [0.1, 0.15) is 5.56 Å². The molecule has 1 aromatic carbocycles. The first-order valence-corrected chi connectivity index (χ1v) is 8.88. The summed E-state index contributed by atoms with van der Waals surface area (Å²) in [4.78, 5) is 15.5. The van der Waals surface area contributed by atoms with Gasteiger partial charge in [-0.1, -0.05) is 0 Å². The van der Waals surface area contributed by atoms with E-state index in [4.69, 9.17) is 9.47 Å². The maximum atomic E-state index is 12.3. The lowest BCUT2D eigenvalue weighted by Crippen LogP contribution is -2.34. The minimum Gasteiger partial charge on any atom is -0.493 e. The second-order valence-electron chi connectivity index (χ2n) is 4.92. The zero-order chi connectivity index (χ0) is 19.0. The molecule has 0 aliphatic carbocycles. The minimum atomic E-state index is -3.90. The third kappa shape index (κ3) is 5.26. The zero-order valence-electron chi connectivity index (χ0n) is 14.2. The van der Waals surface area contributed by atoms with Gasteiger partial charge >= 0.3 is 0 Å². The molecule has 0 aliphatic heterocycles. The molecule has 0 fully saturated rings. The summed E-state index contributed by atoms with van der Waals surface area (Å²) in [5.74, 6) is 0.0516. The normalized spacial score (nSPS) is 11.3. The fourth-order valence-electron chi connectivity index (χ4n) is 1.90. The monoisotopic (exact) mass is 378 g/mol. The average molecular weight is 378 g/mol. The second kappa shape index (κ2) is 8.92. The predicted molar refractivity (Wildman–Crippen MR) is 94.7 cm³/mol. The molecule has 0 saturated heterocycles. The van der Waals surface area contributed by atoms with E-state index >= 15 is 0 Å². The van der Waals surface area contributed by atoms with Gasteiger partial charge in [0.25, 0.3) is 5.91 Å². The topological polar surface area (TPSA) is 119 Å². The molecule has 0 saturated carbocycles. The third-order valence-corrected chi connectivity index (χ3v) is 4.60. The van der Waals surface area contributed by atoms with Gasteiger partial charge in [-0.25, -0.2) is 18.6 Å². The summed E-state index contributed by atoms with van der Waals surface area (Å²) in [5.41, 5.74) is 2.98. The van der Waals surface area contributed by atoms with E-state index in [1.54, 1.807) is 24.5 Å². The van der Waals surface area contributed by atoms with Crippen LogP contribution in [0.15, 0.2) is 52.7 Å². The van der Waals surface area contributed by atoms with Crippen molar-refractivity contribution < 1.29 is 22.7 Å². The van der Waals surface area contributed by atoms with Gasteiger partial charge in [-0.15, -0.1) is 0 Å². The molecular formula is C16H18N4O5S. The molecule has 0 radical (unpaired) electrons. The van der Waals surface area contributed by atoms with Crippen LogP contribution in [0.25, 0.3) is 0 Å².